The van der Waals surface area contributed by atoms with Crippen LogP contribution in [0.25, 0.3) is 11.0 Å². The van der Waals surface area contributed by atoms with Crippen molar-refractivity contribution in [3.63, 3.8) is 0 Å². The lowest BCUT2D eigenvalue weighted by Gasteiger charge is -2.31. The highest BCUT2D eigenvalue weighted by molar-refractivity contribution is 6.31. The molecule has 1 aliphatic rings. The Morgan fingerprint density at radius 2 is 2.30 bits per heavy atom. The lowest BCUT2D eigenvalue weighted by atomic mass is 9.99. The highest BCUT2D eigenvalue weighted by Crippen LogP contribution is 2.22. The number of imidazole rings is 1. The van der Waals surface area contributed by atoms with Gasteiger partial charge in [-0.1, -0.05) is 11.6 Å². The Labute approximate surface area is 124 Å². The molecule has 0 spiro atoms. The molecule has 4 nitrogen and oxygen atoms in total. The van der Waals surface area contributed by atoms with Gasteiger partial charge in [0.15, 0.2) is 0 Å². The summed E-state index contributed by atoms with van der Waals surface area (Å²) in [6, 6.07) is 5.83. The number of aliphatic hydroxyl groups is 1. The molecule has 1 aromatic carbocycles. The van der Waals surface area contributed by atoms with Crippen LogP contribution in [0.3, 0.4) is 0 Å². The second-order valence-corrected chi connectivity index (χ2v) is 6.08. The second kappa shape index (κ2) is 5.72. The van der Waals surface area contributed by atoms with Gasteiger partial charge < -0.3 is 9.67 Å². The highest BCUT2D eigenvalue weighted by atomic mass is 35.5. The van der Waals surface area contributed by atoms with Gasteiger partial charge in [0.1, 0.15) is 5.82 Å². The molecular formula is C15H20ClN3O. The predicted molar refractivity (Wildman–Crippen MR) is 80.8 cm³/mol. The topological polar surface area (TPSA) is 41.3 Å². The fourth-order valence-electron chi connectivity index (χ4n) is 3.01. The van der Waals surface area contributed by atoms with E-state index in [4.69, 9.17) is 16.6 Å². The first-order valence-electron chi connectivity index (χ1n) is 7.11. The summed E-state index contributed by atoms with van der Waals surface area (Å²) in [6.07, 6.45) is 2.28. The Kier molecular flexibility index (Phi) is 3.96. The molecule has 2 aromatic rings. The van der Waals surface area contributed by atoms with E-state index in [1.807, 2.05) is 25.2 Å². The molecule has 3 rings (SSSR count). The van der Waals surface area contributed by atoms with Crippen molar-refractivity contribution in [2.75, 3.05) is 19.7 Å². The molecule has 0 radical (unpaired) electrons. The number of hydrogen-bond donors (Lipinski definition) is 1. The number of nitrogens with zero attached hydrogens (tertiary/aromatic N) is 3. The van der Waals surface area contributed by atoms with Crippen LogP contribution in [-0.4, -0.2) is 39.3 Å². The first-order valence-corrected chi connectivity index (χ1v) is 7.49. The number of rotatable bonds is 3. The molecule has 108 valence electrons. The van der Waals surface area contributed by atoms with E-state index in [-0.39, 0.29) is 6.61 Å². The minimum absolute atomic E-state index is 0.286. The summed E-state index contributed by atoms with van der Waals surface area (Å²) in [6.45, 7) is 3.16. The molecule has 2 heterocycles. The van der Waals surface area contributed by atoms with Crippen LogP contribution in [0.1, 0.15) is 18.7 Å². The average molecular weight is 294 g/mol. The monoisotopic (exact) mass is 293 g/mol. The van der Waals surface area contributed by atoms with Crippen LogP contribution in [0.15, 0.2) is 18.2 Å². The van der Waals surface area contributed by atoms with Crippen molar-refractivity contribution in [3.05, 3.63) is 29.0 Å². The largest absolute Gasteiger partial charge is 0.396 e. The number of benzene rings is 1. The normalized spacial score (nSPS) is 20.6. The van der Waals surface area contributed by atoms with Gasteiger partial charge in [0, 0.05) is 25.2 Å². The average Bonchev–Trinajstić information content (AvgIpc) is 2.75. The number of halogens is 1. The summed E-state index contributed by atoms with van der Waals surface area (Å²) >= 11 is 6.02. The highest BCUT2D eigenvalue weighted by Gasteiger charge is 2.20. The molecule has 1 fully saturated rings. The molecule has 20 heavy (non-hydrogen) atoms. The molecule has 1 atom stereocenters. The molecule has 1 N–H and O–H groups in total. The van der Waals surface area contributed by atoms with Gasteiger partial charge >= 0.3 is 0 Å². The van der Waals surface area contributed by atoms with Crippen molar-refractivity contribution in [2.45, 2.75) is 19.4 Å². The third-order valence-corrected chi connectivity index (χ3v) is 4.40. The molecule has 1 aliphatic heterocycles. The standard InChI is InChI=1S/C15H20ClN3O/c1-18-14-5-4-12(16)7-13(14)17-15(18)9-19-6-2-3-11(8-19)10-20/h4-5,7,11,20H,2-3,6,8-10H2,1H3. The molecular weight excluding hydrogens is 274 g/mol. The summed E-state index contributed by atoms with van der Waals surface area (Å²) in [5.74, 6) is 1.47. The van der Waals surface area contributed by atoms with Crippen LogP contribution in [0.5, 0.6) is 0 Å². The number of aromatic nitrogens is 2. The van der Waals surface area contributed by atoms with Crippen molar-refractivity contribution in [1.82, 2.24) is 14.5 Å². The first-order chi connectivity index (χ1) is 9.67. The summed E-state index contributed by atoms with van der Waals surface area (Å²) in [5, 5.41) is 10.0. The van der Waals surface area contributed by atoms with E-state index in [0.717, 1.165) is 54.4 Å². The number of likely N-dealkylation sites (tertiary alicyclic amines) is 1. The van der Waals surface area contributed by atoms with E-state index in [0.29, 0.717) is 5.92 Å². The van der Waals surface area contributed by atoms with Crippen molar-refractivity contribution in [3.8, 4) is 0 Å². The van der Waals surface area contributed by atoms with Gasteiger partial charge in [-0.05, 0) is 43.5 Å². The minimum Gasteiger partial charge on any atom is -0.396 e. The van der Waals surface area contributed by atoms with Crippen LogP contribution in [-0.2, 0) is 13.6 Å². The zero-order valence-electron chi connectivity index (χ0n) is 11.7. The number of piperidine rings is 1. The van der Waals surface area contributed by atoms with Gasteiger partial charge in [-0.15, -0.1) is 0 Å². The number of aliphatic hydroxyl groups excluding tert-OH is 1. The lowest BCUT2D eigenvalue weighted by molar-refractivity contribution is 0.113. The van der Waals surface area contributed by atoms with E-state index in [1.54, 1.807) is 0 Å². The summed E-state index contributed by atoms with van der Waals surface area (Å²) in [7, 11) is 2.05. The van der Waals surface area contributed by atoms with Crippen molar-refractivity contribution < 1.29 is 5.11 Å². The predicted octanol–water partition coefficient (Wildman–Crippen LogP) is 2.43. The lowest BCUT2D eigenvalue weighted by Crippen LogP contribution is -2.36. The van der Waals surface area contributed by atoms with Crippen LogP contribution in [0.4, 0.5) is 0 Å². The molecule has 1 unspecified atom stereocenters. The Morgan fingerprint density at radius 3 is 3.10 bits per heavy atom. The van der Waals surface area contributed by atoms with Gasteiger partial charge in [0.25, 0.3) is 0 Å². The quantitative estimate of drug-likeness (QED) is 0.945. The van der Waals surface area contributed by atoms with Crippen molar-refractivity contribution >= 4 is 22.6 Å². The SMILES string of the molecule is Cn1c(CN2CCCC(CO)C2)nc2cc(Cl)ccc21. The maximum Gasteiger partial charge on any atom is 0.123 e. The van der Waals surface area contributed by atoms with Crippen LogP contribution in [0.2, 0.25) is 5.02 Å². The number of hydrogen-bond acceptors (Lipinski definition) is 3. The molecule has 1 aromatic heterocycles. The Morgan fingerprint density at radius 1 is 1.45 bits per heavy atom. The Hall–Kier alpha value is -1.10. The van der Waals surface area contributed by atoms with Gasteiger partial charge in [0.2, 0.25) is 0 Å². The molecule has 0 amide bonds. The van der Waals surface area contributed by atoms with E-state index in [2.05, 4.69) is 9.47 Å². The van der Waals surface area contributed by atoms with E-state index >= 15 is 0 Å². The molecule has 5 heteroatoms. The molecule has 0 saturated carbocycles. The van der Waals surface area contributed by atoms with Gasteiger partial charge in [-0.2, -0.15) is 0 Å². The van der Waals surface area contributed by atoms with Crippen LogP contribution < -0.4 is 0 Å². The second-order valence-electron chi connectivity index (χ2n) is 5.65. The smallest absolute Gasteiger partial charge is 0.123 e. The van der Waals surface area contributed by atoms with Crippen LogP contribution >= 0.6 is 11.6 Å². The van der Waals surface area contributed by atoms with E-state index in [9.17, 15) is 5.11 Å². The molecule has 1 saturated heterocycles. The molecule has 0 bridgehead atoms. The van der Waals surface area contributed by atoms with Crippen LogP contribution in [0, 0.1) is 5.92 Å². The van der Waals surface area contributed by atoms with Crippen molar-refractivity contribution in [1.29, 1.82) is 0 Å². The Balaban J connectivity index is 1.82. The number of aryl methyl sites for hydroxylation is 1. The fraction of sp³-hybridized carbons (Fsp3) is 0.533. The summed E-state index contributed by atoms with van der Waals surface area (Å²) in [5.41, 5.74) is 2.06. The van der Waals surface area contributed by atoms with Crippen molar-refractivity contribution in [2.24, 2.45) is 13.0 Å². The third-order valence-electron chi connectivity index (χ3n) is 4.16. The zero-order valence-corrected chi connectivity index (χ0v) is 12.5. The van der Waals surface area contributed by atoms with E-state index in [1.165, 1.54) is 0 Å². The number of fused-ring (bicyclic) bond motifs is 1. The maximum atomic E-state index is 9.31. The summed E-state index contributed by atoms with van der Waals surface area (Å²) in [4.78, 5) is 7.07. The summed E-state index contributed by atoms with van der Waals surface area (Å²) < 4.78 is 2.13. The Bertz CT molecular complexity index is 610. The van der Waals surface area contributed by atoms with E-state index < -0.39 is 0 Å². The zero-order chi connectivity index (χ0) is 14.1. The first kappa shape index (κ1) is 13.9. The van der Waals surface area contributed by atoms with Gasteiger partial charge in [0.05, 0.1) is 17.6 Å². The maximum absolute atomic E-state index is 9.31. The molecule has 0 aliphatic carbocycles. The minimum atomic E-state index is 0.286. The van der Waals surface area contributed by atoms with Gasteiger partial charge in [-0.25, -0.2) is 4.98 Å². The fourth-order valence-corrected chi connectivity index (χ4v) is 3.17. The third kappa shape index (κ3) is 2.68. The van der Waals surface area contributed by atoms with Gasteiger partial charge in [-0.3, -0.25) is 4.90 Å².